The zero-order chi connectivity index (χ0) is 18.5. The fourth-order valence-electron chi connectivity index (χ4n) is 5.61. The highest BCUT2D eigenvalue weighted by Crippen LogP contribution is 2.46. The number of aliphatic hydroxyl groups excluding tert-OH is 1. The molecule has 5 aliphatic rings. The summed E-state index contributed by atoms with van der Waals surface area (Å²) < 4.78 is 5.65. The molecule has 1 N–H and O–H groups in total. The van der Waals surface area contributed by atoms with Crippen LogP contribution in [-0.4, -0.2) is 51.9 Å². The van der Waals surface area contributed by atoms with Crippen LogP contribution >= 0.6 is 12.2 Å². The van der Waals surface area contributed by atoms with Gasteiger partial charge in [0, 0.05) is 12.2 Å². The van der Waals surface area contributed by atoms with Crippen molar-refractivity contribution in [3.05, 3.63) is 30.3 Å². The van der Waals surface area contributed by atoms with E-state index in [1.165, 1.54) is 32.1 Å². The number of hydrogen-bond acceptors (Lipinski definition) is 4. The first-order valence-electron chi connectivity index (χ1n) is 10.2. The monoisotopic (exact) mass is 386 g/mol. The van der Waals surface area contributed by atoms with E-state index < -0.39 is 12.2 Å². The Morgan fingerprint density at radius 2 is 1.85 bits per heavy atom. The Hall–Kier alpha value is -1.66. The fourth-order valence-corrected chi connectivity index (χ4v) is 6.03. The van der Waals surface area contributed by atoms with Crippen molar-refractivity contribution in [1.29, 1.82) is 0 Å². The minimum Gasteiger partial charge on any atom is -0.457 e. The number of thiocarbonyl (C=S) groups is 1. The number of anilines is 1. The van der Waals surface area contributed by atoms with Crippen LogP contribution in [0, 0.1) is 11.8 Å². The summed E-state index contributed by atoms with van der Waals surface area (Å²) in [7, 11) is 0. The summed E-state index contributed by atoms with van der Waals surface area (Å²) >= 11 is 5.94. The van der Waals surface area contributed by atoms with Gasteiger partial charge in [-0.3, -0.25) is 4.79 Å². The van der Waals surface area contributed by atoms with Crippen LogP contribution in [0.5, 0.6) is 0 Å². The van der Waals surface area contributed by atoms with Gasteiger partial charge in [-0.25, -0.2) is 0 Å². The third-order valence-corrected chi connectivity index (χ3v) is 7.28. The zero-order valence-electron chi connectivity index (χ0n) is 15.4. The van der Waals surface area contributed by atoms with E-state index in [1.807, 2.05) is 18.2 Å². The molecule has 5 atom stereocenters. The highest BCUT2D eigenvalue weighted by Gasteiger charge is 2.63. The number of rotatable bonds is 3. The normalized spacial score (nSPS) is 36.1. The molecule has 0 spiro atoms. The quantitative estimate of drug-likeness (QED) is 0.637. The number of para-hydroxylation sites is 1. The van der Waals surface area contributed by atoms with Crippen LogP contribution in [0.4, 0.5) is 5.69 Å². The lowest BCUT2D eigenvalue weighted by Gasteiger charge is -2.49. The SMILES string of the molecule is O=C1O[C@@H]2[C@H]3[C@@H]([C@@H]1C[C@H]2O)N(c1ccccc1)C(=S)N3CC1CCCCC1. The van der Waals surface area contributed by atoms with E-state index >= 15 is 0 Å². The molecule has 0 amide bonds. The van der Waals surface area contributed by atoms with Crippen molar-refractivity contribution in [3.8, 4) is 0 Å². The number of nitrogens with zero attached hydrogens (tertiary/aromatic N) is 2. The maximum Gasteiger partial charge on any atom is 0.311 e. The molecule has 2 bridgehead atoms. The van der Waals surface area contributed by atoms with Gasteiger partial charge in [0.25, 0.3) is 0 Å². The molecule has 5 nitrogen and oxygen atoms in total. The number of ether oxygens (including phenoxy) is 1. The van der Waals surface area contributed by atoms with Crippen LogP contribution in [0.15, 0.2) is 30.3 Å². The molecule has 0 aromatic heterocycles. The second-order valence-electron chi connectivity index (χ2n) is 8.44. The van der Waals surface area contributed by atoms with E-state index in [4.69, 9.17) is 17.0 Å². The first kappa shape index (κ1) is 17.4. The number of benzene rings is 1. The molecule has 6 heteroatoms. The second kappa shape index (κ2) is 6.74. The molecule has 6 rings (SSSR count). The number of hydrogen-bond donors (Lipinski definition) is 1. The van der Waals surface area contributed by atoms with E-state index in [2.05, 4.69) is 21.9 Å². The van der Waals surface area contributed by atoms with Gasteiger partial charge in [0.2, 0.25) is 0 Å². The van der Waals surface area contributed by atoms with Crippen molar-refractivity contribution >= 4 is 29.0 Å². The number of carbonyl (C=O) groups is 1. The van der Waals surface area contributed by atoms with Gasteiger partial charge in [-0.05, 0) is 49.5 Å². The van der Waals surface area contributed by atoms with E-state index in [1.54, 1.807) is 0 Å². The van der Waals surface area contributed by atoms with Gasteiger partial charge in [-0.1, -0.05) is 37.5 Å². The smallest absolute Gasteiger partial charge is 0.311 e. The number of esters is 1. The van der Waals surface area contributed by atoms with Crippen LogP contribution in [0.3, 0.4) is 0 Å². The largest absolute Gasteiger partial charge is 0.457 e. The van der Waals surface area contributed by atoms with Gasteiger partial charge in [-0.2, -0.15) is 0 Å². The van der Waals surface area contributed by atoms with Gasteiger partial charge in [0.1, 0.15) is 6.10 Å². The first-order valence-corrected chi connectivity index (χ1v) is 10.6. The predicted molar refractivity (Wildman–Crippen MR) is 106 cm³/mol. The average Bonchev–Trinajstić information content (AvgIpc) is 2.98. The van der Waals surface area contributed by atoms with Gasteiger partial charge >= 0.3 is 5.97 Å². The van der Waals surface area contributed by atoms with E-state index in [9.17, 15) is 9.90 Å². The maximum atomic E-state index is 12.5. The highest BCUT2D eigenvalue weighted by atomic mass is 32.1. The average molecular weight is 387 g/mol. The lowest BCUT2D eigenvalue weighted by Crippen LogP contribution is -2.66. The Labute approximate surface area is 165 Å². The highest BCUT2D eigenvalue weighted by molar-refractivity contribution is 7.80. The van der Waals surface area contributed by atoms with Gasteiger partial charge in [0.05, 0.1) is 24.1 Å². The molecule has 1 aromatic carbocycles. The summed E-state index contributed by atoms with van der Waals surface area (Å²) in [6, 6.07) is 10.0. The molecule has 0 unspecified atom stereocenters. The lowest BCUT2D eigenvalue weighted by molar-refractivity contribution is -0.194. The van der Waals surface area contributed by atoms with E-state index in [-0.39, 0.29) is 24.0 Å². The summed E-state index contributed by atoms with van der Waals surface area (Å²) in [4.78, 5) is 16.9. The van der Waals surface area contributed by atoms with Gasteiger partial charge in [-0.15, -0.1) is 0 Å². The third kappa shape index (κ3) is 2.76. The summed E-state index contributed by atoms with van der Waals surface area (Å²) in [5.41, 5.74) is 1.03. The summed E-state index contributed by atoms with van der Waals surface area (Å²) in [6.45, 7) is 0.900. The van der Waals surface area contributed by atoms with Crippen molar-refractivity contribution in [2.75, 3.05) is 11.4 Å². The number of carbonyl (C=O) groups excluding carboxylic acids is 1. The third-order valence-electron chi connectivity index (χ3n) is 6.85. The molecule has 5 fully saturated rings. The van der Waals surface area contributed by atoms with Crippen molar-refractivity contribution < 1.29 is 14.6 Å². The van der Waals surface area contributed by atoms with Crippen molar-refractivity contribution in [2.45, 2.75) is 62.8 Å². The molecular weight excluding hydrogens is 360 g/mol. The molecular formula is C21H26N2O3S. The first-order chi connectivity index (χ1) is 13.1. The molecule has 144 valence electrons. The minimum absolute atomic E-state index is 0.0434. The molecule has 2 aliphatic carbocycles. The fraction of sp³-hybridized carbons (Fsp3) is 0.619. The Balaban J connectivity index is 1.52. The molecule has 3 heterocycles. The van der Waals surface area contributed by atoms with Crippen LogP contribution in [-0.2, 0) is 9.53 Å². The molecule has 27 heavy (non-hydrogen) atoms. The minimum atomic E-state index is -0.596. The van der Waals surface area contributed by atoms with Crippen LogP contribution in [0.1, 0.15) is 38.5 Å². The van der Waals surface area contributed by atoms with Gasteiger partial charge < -0.3 is 19.6 Å². The molecule has 2 saturated carbocycles. The maximum absolute atomic E-state index is 12.5. The predicted octanol–water partition coefficient (Wildman–Crippen LogP) is 2.72. The van der Waals surface area contributed by atoms with Crippen LogP contribution < -0.4 is 4.90 Å². The van der Waals surface area contributed by atoms with E-state index in [0.717, 1.165) is 17.3 Å². The standard InChI is InChI=1S/C21H26N2O3S/c24-16-11-15-17-18(19(16)26-20(15)25)22(12-13-7-3-1-4-8-13)21(27)23(17)14-9-5-2-6-10-14/h2,5-6,9-10,13,15-19,24H,1,3-4,7-8,11-12H2/t15-,16+,17+,18+,19-/m0/s1. The number of aliphatic hydroxyl groups is 1. The topological polar surface area (TPSA) is 53.0 Å². The molecule has 3 saturated heterocycles. The second-order valence-corrected chi connectivity index (χ2v) is 8.80. The lowest BCUT2D eigenvalue weighted by atomic mass is 9.74. The Kier molecular flexibility index (Phi) is 4.36. The van der Waals surface area contributed by atoms with Crippen LogP contribution in [0.25, 0.3) is 0 Å². The molecule has 0 radical (unpaired) electrons. The Morgan fingerprint density at radius 1 is 1.11 bits per heavy atom. The Bertz CT molecular complexity index is 736. The van der Waals surface area contributed by atoms with Crippen molar-refractivity contribution in [2.24, 2.45) is 11.8 Å². The molecule has 3 aliphatic heterocycles. The van der Waals surface area contributed by atoms with Crippen molar-refractivity contribution in [1.82, 2.24) is 4.90 Å². The summed E-state index contributed by atoms with van der Waals surface area (Å²) in [5.74, 6) is 0.112. The van der Waals surface area contributed by atoms with Gasteiger partial charge in [0.15, 0.2) is 5.11 Å². The van der Waals surface area contributed by atoms with Crippen molar-refractivity contribution in [3.63, 3.8) is 0 Å². The van der Waals surface area contributed by atoms with E-state index in [0.29, 0.717) is 12.3 Å². The molecule has 1 aromatic rings. The zero-order valence-corrected chi connectivity index (χ0v) is 16.2. The number of fused-ring (bicyclic) bond motifs is 2. The summed E-state index contributed by atoms with van der Waals surface area (Å²) in [5, 5.41) is 11.3. The Morgan fingerprint density at radius 3 is 2.59 bits per heavy atom. The summed E-state index contributed by atoms with van der Waals surface area (Å²) in [6.07, 6.45) is 5.75. The van der Waals surface area contributed by atoms with Crippen LogP contribution in [0.2, 0.25) is 0 Å².